The molecule has 8 heteroatoms. The minimum absolute atomic E-state index is 0.0719. The summed E-state index contributed by atoms with van der Waals surface area (Å²) in [5, 5.41) is 25.7. The molecule has 3 heterocycles. The SMILES string of the molecule is CCOc1cccc(CN2CCC(O)(c3ccc4oc(C(=O)NC[C@@H]5CCCO5)cc4c3)CC2)c1O. The Kier molecular flexibility index (Phi) is 7.18. The number of piperidine rings is 1. The Bertz CT molecular complexity index is 1210. The van der Waals surface area contributed by atoms with Crippen LogP contribution >= 0.6 is 0 Å². The number of carbonyl (C=O) groups excluding carboxylic acids is 1. The van der Waals surface area contributed by atoms with Gasteiger partial charge in [0.2, 0.25) is 0 Å². The van der Waals surface area contributed by atoms with Gasteiger partial charge in [0.1, 0.15) is 5.58 Å². The molecule has 2 aliphatic rings. The van der Waals surface area contributed by atoms with E-state index < -0.39 is 5.60 Å². The highest BCUT2D eigenvalue weighted by Gasteiger charge is 2.34. The van der Waals surface area contributed by atoms with E-state index in [0.717, 1.165) is 36.0 Å². The Morgan fingerprint density at radius 1 is 1.22 bits per heavy atom. The van der Waals surface area contributed by atoms with Crippen molar-refractivity contribution in [2.45, 2.75) is 50.9 Å². The van der Waals surface area contributed by atoms with Gasteiger partial charge in [-0.1, -0.05) is 18.2 Å². The Morgan fingerprint density at radius 2 is 2.06 bits per heavy atom. The van der Waals surface area contributed by atoms with Crippen LogP contribution in [0.3, 0.4) is 0 Å². The van der Waals surface area contributed by atoms with Gasteiger partial charge in [-0.15, -0.1) is 0 Å². The number of nitrogens with one attached hydrogen (secondary N) is 1. The molecule has 192 valence electrons. The van der Waals surface area contributed by atoms with Gasteiger partial charge in [0, 0.05) is 43.7 Å². The molecule has 2 fully saturated rings. The van der Waals surface area contributed by atoms with E-state index in [1.54, 1.807) is 12.1 Å². The van der Waals surface area contributed by atoms with Gasteiger partial charge >= 0.3 is 0 Å². The number of likely N-dealkylation sites (tertiary alicyclic amines) is 1. The van der Waals surface area contributed by atoms with Crippen molar-refractivity contribution in [3.8, 4) is 11.5 Å². The first-order valence-electron chi connectivity index (χ1n) is 12.8. The molecule has 1 atom stereocenters. The van der Waals surface area contributed by atoms with Crippen LogP contribution < -0.4 is 10.1 Å². The van der Waals surface area contributed by atoms with Crippen LogP contribution in [0.1, 0.15) is 54.3 Å². The van der Waals surface area contributed by atoms with E-state index in [1.807, 2.05) is 37.3 Å². The number of nitrogens with zero attached hydrogens (tertiary/aromatic N) is 1. The lowest BCUT2D eigenvalue weighted by molar-refractivity contribution is -0.0277. The summed E-state index contributed by atoms with van der Waals surface area (Å²) in [6, 6.07) is 12.9. The minimum Gasteiger partial charge on any atom is -0.504 e. The van der Waals surface area contributed by atoms with E-state index in [1.165, 1.54) is 0 Å². The highest BCUT2D eigenvalue weighted by Crippen LogP contribution is 2.37. The lowest BCUT2D eigenvalue weighted by Crippen LogP contribution is -2.42. The number of phenols is 1. The van der Waals surface area contributed by atoms with Crippen LogP contribution in [0.2, 0.25) is 0 Å². The molecule has 1 amide bonds. The lowest BCUT2D eigenvalue weighted by atomic mass is 9.84. The van der Waals surface area contributed by atoms with Crippen molar-refractivity contribution in [3.05, 3.63) is 59.4 Å². The normalized spacial score (nSPS) is 20.0. The molecule has 0 unspecified atom stereocenters. The average Bonchev–Trinajstić information content (AvgIpc) is 3.56. The predicted octanol–water partition coefficient (Wildman–Crippen LogP) is 3.93. The first-order valence-corrected chi connectivity index (χ1v) is 12.8. The molecule has 0 bridgehead atoms. The molecule has 1 aromatic heterocycles. The van der Waals surface area contributed by atoms with Crippen molar-refractivity contribution in [1.29, 1.82) is 0 Å². The third-order valence-electron chi connectivity index (χ3n) is 7.25. The number of aliphatic hydroxyl groups is 1. The van der Waals surface area contributed by atoms with Gasteiger partial charge in [-0.3, -0.25) is 9.69 Å². The number of furan rings is 1. The van der Waals surface area contributed by atoms with E-state index in [0.29, 0.717) is 57.0 Å². The van der Waals surface area contributed by atoms with Crippen molar-refractivity contribution in [2.75, 3.05) is 32.8 Å². The molecule has 2 aromatic carbocycles. The Labute approximate surface area is 210 Å². The molecule has 0 aliphatic carbocycles. The maximum atomic E-state index is 12.5. The van der Waals surface area contributed by atoms with Crippen LogP contribution in [0.15, 0.2) is 46.9 Å². The molecular weight excluding hydrogens is 460 g/mol. The molecular formula is C28H34N2O6. The highest BCUT2D eigenvalue weighted by atomic mass is 16.5. The van der Waals surface area contributed by atoms with Gasteiger partial charge in [0.05, 0.1) is 18.3 Å². The second-order valence-corrected chi connectivity index (χ2v) is 9.71. The summed E-state index contributed by atoms with van der Waals surface area (Å²) in [6.07, 6.45) is 3.19. The van der Waals surface area contributed by atoms with Crippen molar-refractivity contribution in [3.63, 3.8) is 0 Å². The first-order chi connectivity index (χ1) is 17.4. The fourth-order valence-corrected chi connectivity index (χ4v) is 5.12. The van der Waals surface area contributed by atoms with Crippen LogP contribution in [0.5, 0.6) is 11.5 Å². The number of rotatable bonds is 8. The Morgan fingerprint density at radius 3 is 2.81 bits per heavy atom. The highest BCUT2D eigenvalue weighted by molar-refractivity contribution is 5.96. The smallest absolute Gasteiger partial charge is 0.287 e. The fourth-order valence-electron chi connectivity index (χ4n) is 5.12. The van der Waals surface area contributed by atoms with Crippen LogP contribution in [0, 0.1) is 0 Å². The molecule has 8 nitrogen and oxygen atoms in total. The molecule has 2 aliphatic heterocycles. The van der Waals surface area contributed by atoms with Gasteiger partial charge in [0.25, 0.3) is 5.91 Å². The van der Waals surface area contributed by atoms with E-state index in [2.05, 4.69) is 10.2 Å². The number of amides is 1. The zero-order chi connectivity index (χ0) is 25.1. The number of hydrogen-bond acceptors (Lipinski definition) is 7. The van der Waals surface area contributed by atoms with Crippen molar-refractivity contribution >= 4 is 16.9 Å². The molecule has 0 saturated carbocycles. The zero-order valence-corrected chi connectivity index (χ0v) is 20.7. The van der Waals surface area contributed by atoms with Crippen LogP contribution in [0.4, 0.5) is 0 Å². The molecule has 3 aromatic rings. The number of carbonyl (C=O) groups is 1. The Hall–Kier alpha value is -3.07. The molecule has 36 heavy (non-hydrogen) atoms. The van der Waals surface area contributed by atoms with Crippen molar-refractivity contribution < 1.29 is 28.9 Å². The number of aromatic hydroxyl groups is 1. The average molecular weight is 495 g/mol. The monoisotopic (exact) mass is 494 g/mol. The second-order valence-electron chi connectivity index (χ2n) is 9.71. The summed E-state index contributed by atoms with van der Waals surface area (Å²) >= 11 is 0. The third kappa shape index (κ3) is 5.21. The molecule has 0 radical (unpaired) electrons. The minimum atomic E-state index is -0.959. The summed E-state index contributed by atoms with van der Waals surface area (Å²) in [5.74, 6) is 0.682. The number of phenolic OH excluding ortho intramolecular Hbond substituents is 1. The van der Waals surface area contributed by atoms with Gasteiger partial charge in [0.15, 0.2) is 17.3 Å². The Balaban J connectivity index is 1.22. The molecule has 5 rings (SSSR count). The maximum absolute atomic E-state index is 12.5. The number of fused-ring (bicyclic) bond motifs is 1. The van der Waals surface area contributed by atoms with Gasteiger partial charge in [-0.2, -0.15) is 0 Å². The summed E-state index contributed by atoms with van der Waals surface area (Å²) in [7, 11) is 0. The lowest BCUT2D eigenvalue weighted by Gasteiger charge is -2.38. The largest absolute Gasteiger partial charge is 0.504 e. The van der Waals surface area contributed by atoms with Gasteiger partial charge in [-0.05, 0) is 62.4 Å². The summed E-state index contributed by atoms with van der Waals surface area (Å²) in [6.45, 7) is 5.58. The number of para-hydroxylation sites is 1. The summed E-state index contributed by atoms with van der Waals surface area (Å²) < 4.78 is 16.8. The van der Waals surface area contributed by atoms with E-state index in [9.17, 15) is 15.0 Å². The predicted molar refractivity (Wildman–Crippen MR) is 135 cm³/mol. The number of ether oxygens (including phenoxy) is 2. The van der Waals surface area contributed by atoms with Gasteiger partial charge < -0.3 is 29.4 Å². The van der Waals surface area contributed by atoms with Crippen molar-refractivity contribution in [1.82, 2.24) is 10.2 Å². The standard InChI is InChI=1S/C28H34N2O6/c1-2-34-24-7-3-5-19(26(24)31)18-30-12-10-28(33,11-13-30)21-8-9-23-20(15-21)16-25(36-23)27(32)29-17-22-6-4-14-35-22/h3,5,7-9,15-16,22,31,33H,2,4,6,10-14,17-18H2,1H3,(H,29,32)/t22-/m0/s1. The summed E-state index contributed by atoms with van der Waals surface area (Å²) in [5.41, 5.74) is 1.30. The third-order valence-corrected chi connectivity index (χ3v) is 7.25. The van der Waals surface area contributed by atoms with E-state index in [4.69, 9.17) is 13.9 Å². The topological polar surface area (TPSA) is 104 Å². The van der Waals surface area contributed by atoms with Crippen LogP contribution in [0.25, 0.3) is 11.0 Å². The van der Waals surface area contributed by atoms with Crippen molar-refractivity contribution in [2.24, 2.45) is 0 Å². The quantitative estimate of drug-likeness (QED) is 0.436. The van der Waals surface area contributed by atoms with Crippen LogP contribution in [-0.2, 0) is 16.9 Å². The molecule has 2 saturated heterocycles. The maximum Gasteiger partial charge on any atom is 0.287 e. The van der Waals surface area contributed by atoms with Gasteiger partial charge in [-0.25, -0.2) is 0 Å². The van der Waals surface area contributed by atoms with E-state index >= 15 is 0 Å². The fraction of sp³-hybridized carbons (Fsp3) is 0.464. The van der Waals surface area contributed by atoms with E-state index in [-0.39, 0.29) is 23.5 Å². The number of benzene rings is 2. The zero-order valence-electron chi connectivity index (χ0n) is 20.7. The molecule has 3 N–H and O–H groups in total. The second kappa shape index (κ2) is 10.5. The molecule has 0 spiro atoms. The van der Waals surface area contributed by atoms with Crippen LogP contribution in [-0.4, -0.2) is 60.0 Å². The number of hydrogen-bond donors (Lipinski definition) is 3. The summed E-state index contributed by atoms with van der Waals surface area (Å²) in [4.78, 5) is 14.8. The first kappa shape index (κ1) is 24.6.